The Hall–Kier alpha value is -2.36. The summed E-state index contributed by atoms with van der Waals surface area (Å²) in [4.78, 5) is 4.27. The van der Waals surface area contributed by atoms with Crippen LogP contribution in [-0.2, 0) is 6.42 Å². The van der Waals surface area contributed by atoms with Crippen LogP contribution in [0.5, 0.6) is 11.5 Å². The third kappa shape index (κ3) is 2.96. The summed E-state index contributed by atoms with van der Waals surface area (Å²) in [5.41, 5.74) is 3.48. The van der Waals surface area contributed by atoms with Crippen LogP contribution in [-0.4, -0.2) is 38.9 Å². The number of aromatic hydroxyl groups is 1. The molecule has 0 bridgehead atoms. The van der Waals surface area contributed by atoms with Crippen LogP contribution in [0, 0.1) is 0 Å². The largest absolute Gasteiger partial charge is 0.508 e. The molecule has 4 nitrogen and oxygen atoms in total. The van der Waals surface area contributed by atoms with Gasteiger partial charge in [-0.15, -0.1) is 0 Å². The highest BCUT2D eigenvalue weighted by Gasteiger charge is 2.24. The Kier molecular flexibility index (Phi) is 3.84. The van der Waals surface area contributed by atoms with E-state index in [1.54, 1.807) is 12.1 Å². The maximum Gasteiger partial charge on any atom is 0.146 e. The number of ether oxygens (including phenoxy) is 1. The van der Waals surface area contributed by atoms with E-state index in [0.29, 0.717) is 0 Å². The van der Waals surface area contributed by atoms with Crippen LogP contribution in [0.25, 0.3) is 0 Å². The molecule has 4 heteroatoms. The zero-order valence-electron chi connectivity index (χ0n) is 13.3. The van der Waals surface area contributed by atoms with Gasteiger partial charge in [-0.05, 0) is 29.8 Å². The number of phenolic OH excluding ortho intramolecular Hbond substituents is 1. The summed E-state index contributed by atoms with van der Waals surface area (Å²) in [6, 6.07) is 13.8. The van der Waals surface area contributed by atoms with Crippen molar-refractivity contribution in [3.63, 3.8) is 0 Å². The number of hydrogen-bond donors (Lipinski definition) is 1. The van der Waals surface area contributed by atoms with E-state index in [1.807, 2.05) is 20.2 Å². The molecule has 0 aliphatic carbocycles. The van der Waals surface area contributed by atoms with Gasteiger partial charge in [0.1, 0.15) is 17.6 Å². The molecule has 1 N–H and O–H groups in total. The molecular formula is C18H22N2O2. The summed E-state index contributed by atoms with van der Waals surface area (Å²) in [6.45, 7) is 0.840. The molecule has 0 radical (unpaired) electrons. The summed E-state index contributed by atoms with van der Waals surface area (Å²) in [5.74, 6) is 0.992. The predicted molar refractivity (Wildman–Crippen MR) is 90.3 cm³/mol. The number of likely N-dealkylation sites (N-methyl/N-ethyl adjacent to an activating group) is 1. The second-order valence-electron chi connectivity index (χ2n) is 6.04. The van der Waals surface area contributed by atoms with Gasteiger partial charge in [0.05, 0.1) is 12.2 Å². The molecule has 0 aromatic heterocycles. The first-order chi connectivity index (χ1) is 10.5. The summed E-state index contributed by atoms with van der Waals surface area (Å²) in [5, 5.41) is 9.63. The lowest BCUT2D eigenvalue weighted by Crippen LogP contribution is -2.38. The van der Waals surface area contributed by atoms with Crippen molar-refractivity contribution in [2.45, 2.75) is 12.5 Å². The smallest absolute Gasteiger partial charge is 0.146 e. The third-order valence-corrected chi connectivity index (χ3v) is 4.04. The Bertz CT molecular complexity index is 653. The van der Waals surface area contributed by atoms with Crippen molar-refractivity contribution in [1.29, 1.82) is 0 Å². The average Bonchev–Trinajstić information content (AvgIpc) is 2.47. The molecule has 0 amide bonds. The van der Waals surface area contributed by atoms with Gasteiger partial charge in [-0.25, -0.2) is 0 Å². The minimum Gasteiger partial charge on any atom is -0.508 e. The summed E-state index contributed by atoms with van der Waals surface area (Å²) >= 11 is 0. The number of anilines is 2. The Labute approximate surface area is 131 Å². The minimum atomic E-state index is 0.0875. The fourth-order valence-electron chi connectivity index (χ4n) is 2.83. The second-order valence-corrected chi connectivity index (χ2v) is 6.04. The zero-order valence-corrected chi connectivity index (χ0v) is 13.3. The van der Waals surface area contributed by atoms with Crippen molar-refractivity contribution in [2.24, 2.45) is 0 Å². The first-order valence-corrected chi connectivity index (χ1v) is 7.50. The molecule has 3 rings (SSSR count). The molecule has 1 aliphatic rings. The van der Waals surface area contributed by atoms with Gasteiger partial charge in [0, 0.05) is 39.3 Å². The lowest BCUT2D eigenvalue weighted by atomic mass is 10.1. The van der Waals surface area contributed by atoms with Crippen LogP contribution in [0.1, 0.15) is 5.56 Å². The van der Waals surface area contributed by atoms with E-state index in [1.165, 1.54) is 11.3 Å². The monoisotopic (exact) mass is 298 g/mol. The maximum absolute atomic E-state index is 9.63. The van der Waals surface area contributed by atoms with Gasteiger partial charge in [-0.2, -0.15) is 0 Å². The van der Waals surface area contributed by atoms with Gasteiger partial charge >= 0.3 is 0 Å². The van der Waals surface area contributed by atoms with E-state index >= 15 is 0 Å². The molecule has 2 aromatic carbocycles. The Morgan fingerprint density at radius 3 is 2.59 bits per heavy atom. The molecular weight excluding hydrogens is 276 g/mol. The first-order valence-electron chi connectivity index (χ1n) is 7.50. The number of phenols is 1. The molecule has 22 heavy (non-hydrogen) atoms. The predicted octanol–water partition coefficient (Wildman–Crippen LogP) is 2.90. The average molecular weight is 298 g/mol. The Balaban J connectivity index is 1.74. The lowest BCUT2D eigenvalue weighted by molar-refractivity contribution is 0.195. The highest BCUT2D eigenvalue weighted by Crippen LogP contribution is 2.35. The number of rotatable bonds is 3. The van der Waals surface area contributed by atoms with Crippen LogP contribution in [0.15, 0.2) is 42.5 Å². The fraction of sp³-hybridized carbons (Fsp3) is 0.333. The topological polar surface area (TPSA) is 35.9 Å². The SMILES string of the molecule is CN(C)c1ccc(CC2CN(C)c3ccc(O)cc3O2)cc1. The zero-order chi connectivity index (χ0) is 15.7. The van der Waals surface area contributed by atoms with E-state index in [9.17, 15) is 5.11 Å². The van der Waals surface area contributed by atoms with E-state index in [-0.39, 0.29) is 11.9 Å². The molecule has 2 aromatic rings. The summed E-state index contributed by atoms with van der Waals surface area (Å²) < 4.78 is 6.05. The van der Waals surface area contributed by atoms with Crippen LogP contribution < -0.4 is 14.5 Å². The molecule has 1 unspecified atom stereocenters. The molecule has 0 saturated carbocycles. The standard InChI is InChI=1S/C18H22N2O2/c1-19(2)14-6-4-13(5-7-14)10-16-12-20(3)17-9-8-15(21)11-18(17)22-16/h4-9,11,16,21H,10,12H2,1-3H3. The summed E-state index contributed by atoms with van der Waals surface area (Å²) in [7, 11) is 6.13. The van der Waals surface area contributed by atoms with Crippen molar-refractivity contribution >= 4 is 11.4 Å². The molecule has 1 heterocycles. The Morgan fingerprint density at radius 2 is 1.91 bits per heavy atom. The maximum atomic E-state index is 9.63. The van der Waals surface area contributed by atoms with E-state index in [0.717, 1.165) is 24.4 Å². The van der Waals surface area contributed by atoms with Gasteiger partial charge in [0.15, 0.2) is 0 Å². The van der Waals surface area contributed by atoms with E-state index in [2.05, 4.69) is 41.1 Å². The van der Waals surface area contributed by atoms with Gasteiger partial charge in [-0.3, -0.25) is 0 Å². The number of benzene rings is 2. The molecule has 0 fully saturated rings. The van der Waals surface area contributed by atoms with Gasteiger partial charge in [0.2, 0.25) is 0 Å². The minimum absolute atomic E-state index is 0.0875. The second kappa shape index (κ2) is 5.79. The highest BCUT2D eigenvalue weighted by atomic mass is 16.5. The van der Waals surface area contributed by atoms with Gasteiger partial charge in [0.25, 0.3) is 0 Å². The molecule has 0 saturated heterocycles. The van der Waals surface area contributed by atoms with Crippen LogP contribution in [0.4, 0.5) is 11.4 Å². The fourth-order valence-corrected chi connectivity index (χ4v) is 2.83. The quantitative estimate of drug-likeness (QED) is 0.945. The normalized spacial score (nSPS) is 16.9. The molecule has 116 valence electrons. The number of nitrogens with zero attached hydrogens (tertiary/aromatic N) is 2. The van der Waals surface area contributed by atoms with Crippen LogP contribution >= 0.6 is 0 Å². The highest BCUT2D eigenvalue weighted by molar-refractivity contribution is 5.62. The van der Waals surface area contributed by atoms with E-state index < -0.39 is 0 Å². The van der Waals surface area contributed by atoms with Gasteiger partial charge < -0.3 is 19.6 Å². The number of hydrogen-bond acceptors (Lipinski definition) is 4. The Morgan fingerprint density at radius 1 is 1.18 bits per heavy atom. The number of fused-ring (bicyclic) bond motifs is 1. The summed E-state index contributed by atoms with van der Waals surface area (Å²) in [6.07, 6.45) is 0.942. The van der Waals surface area contributed by atoms with Crippen molar-refractivity contribution in [2.75, 3.05) is 37.5 Å². The van der Waals surface area contributed by atoms with Crippen molar-refractivity contribution in [3.8, 4) is 11.5 Å². The van der Waals surface area contributed by atoms with Crippen molar-refractivity contribution < 1.29 is 9.84 Å². The van der Waals surface area contributed by atoms with Crippen molar-refractivity contribution in [3.05, 3.63) is 48.0 Å². The molecule has 0 spiro atoms. The molecule has 1 aliphatic heterocycles. The first kappa shape index (κ1) is 14.6. The van der Waals surface area contributed by atoms with Crippen LogP contribution in [0.3, 0.4) is 0 Å². The lowest BCUT2D eigenvalue weighted by Gasteiger charge is -2.34. The van der Waals surface area contributed by atoms with E-state index in [4.69, 9.17) is 4.74 Å². The molecule has 1 atom stereocenters. The van der Waals surface area contributed by atoms with Gasteiger partial charge in [-0.1, -0.05) is 12.1 Å². The van der Waals surface area contributed by atoms with Crippen molar-refractivity contribution in [1.82, 2.24) is 0 Å². The third-order valence-electron chi connectivity index (χ3n) is 4.04. The van der Waals surface area contributed by atoms with Crippen LogP contribution in [0.2, 0.25) is 0 Å².